The number of rotatable bonds is 5. The molecule has 1 amide bonds. The lowest BCUT2D eigenvalue weighted by atomic mass is 10.0. The largest absolute Gasteiger partial charge is 0.368 e. The predicted octanol–water partition coefficient (Wildman–Crippen LogP) is 2.02. The smallest absolute Gasteiger partial charge is 0.237 e. The van der Waals surface area contributed by atoms with Gasteiger partial charge in [-0.05, 0) is 37.6 Å². The number of thioether (sulfide) groups is 1. The molecule has 0 spiro atoms. The van der Waals surface area contributed by atoms with Crippen molar-refractivity contribution in [3.63, 3.8) is 0 Å². The highest BCUT2D eigenvalue weighted by Gasteiger charge is 2.24. The zero-order chi connectivity index (χ0) is 12.2. The van der Waals surface area contributed by atoms with Gasteiger partial charge in [0.15, 0.2) is 0 Å². The lowest BCUT2D eigenvalue weighted by Crippen LogP contribution is -2.49. The molecule has 1 atom stereocenters. The van der Waals surface area contributed by atoms with Gasteiger partial charge in [0.1, 0.15) is 0 Å². The minimum absolute atomic E-state index is 0.468. The van der Waals surface area contributed by atoms with Crippen LogP contribution in [0.5, 0.6) is 0 Å². The van der Waals surface area contributed by atoms with Crippen LogP contribution in [0.2, 0.25) is 5.02 Å². The summed E-state index contributed by atoms with van der Waals surface area (Å²) in [6.07, 6.45) is 0.551. The summed E-state index contributed by atoms with van der Waals surface area (Å²) < 4.78 is 0. The van der Waals surface area contributed by atoms with Gasteiger partial charge in [-0.15, -0.1) is 11.8 Å². The highest BCUT2D eigenvalue weighted by Crippen LogP contribution is 2.22. The molecule has 0 aromatic heterocycles. The van der Waals surface area contributed by atoms with Gasteiger partial charge in [-0.25, -0.2) is 0 Å². The monoisotopic (exact) mass is 258 g/mol. The van der Waals surface area contributed by atoms with Crippen molar-refractivity contribution in [3.8, 4) is 0 Å². The highest BCUT2D eigenvalue weighted by atomic mass is 35.5. The van der Waals surface area contributed by atoms with Crippen LogP contribution in [0, 0.1) is 0 Å². The van der Waals surface area contributed by atoms with E-state index in [0.717, 1.165) is 10.6 Å². The molecule has 0 aliphatic heterocycles. The molecular weight excluding hydrogens is 244 g/mol. The Bertz CT molecular complexity index is 365. The van der Waals surface area contributed by atoms with Gasteiger partial charge < -0.3 is 11.5 Å². The number of amides is 1. The predicted molar refractivity (Wildman–Crippen MR) is 68.6 cm³/mol. The minimum atomic E-state index is -0.931. The van der Waals surface area contributed by atoms with E-state index in [2.05, 4.69) is 0 Å². The maximum atomic E-state index is 11.0. The van der Waals surface area contributed by atoms with Crippen LogP contribution in [-0.2, 0) is 4.79 Å². The van der Waals surface area contributed by atoms with Gasteiger partial charge in [0.2, 0.25) is 5.91 Å². The van der Waals surface area contributed by atoms with E-state index in [1.54, 1.807) is 18.7 Å². The third-order valence-corrected chi connectivity index (χ3v) is 3.53. The van der Waals surface area contributed by atoms with Crippen molar-refractivity contribution >= 4 is 29.3 Å². The summed E-state index contributed by atoms with van der Waals surface area (Å²) in [5.41, 5.74) is 9.99. The molecule has 0 aliphatic rings. The van der Waals surface area contributed by atoms with Crippen LogP contribution < -0.4 is 11.5 Å². The first-order chi connectivity index (χ1) is 7.42. The van der Waals surface area contributed by atoms with E-state index in [-0.39, 0.29) is 0 Å². The Morgan fingerprint density at radius 1 is 1.44 bits per heavy atom. The molecule has 1 aromatic rings. The van der Waals surface area contributed by atoms with E-state index in [4.69, 9.17) is 23.1 Å². The summed E-state index contributed by atoms with van der Waals surface area (Å²) in [6.45, 7) is 1.65. The van der Waals surface area contributed by atoms with E-state index >= 15 is 0 Å². The average molecular weight is 259 g/mol. The maximum absolute atomic E-state index is 11.0. The topological polar surface area (TPSA) is 69.1 Å². The quantitative estimate of drug-likeness (QED) is 0.794. The first kappa shape index (κ1) is 13.4. The van der Waals surface area contributed by atoms with E-state index < -0.39 is 11.4 Å². The van der Waals surface area contributed by atoms with Gasteiger partial charge in [0.25, 0.3) is 0 Å². The zero-order valence-corrected chi connectivity index (χ0v) is 10.6. The van der Waals surface area contributed by atoms with Crippen LogP contribution in [0.3, 0.4) is 0 Å². The third-order valence-electron chi connectivity index (χ3n) is 2.27. The van der Waals surface area contributed by atoms with Crippen molar-refractivity contribution in [2.75, 3.05) is 5.75 Å². The molecule has 16 heavy (non-hydrogen) atoms. The molecule has 5 heteroatoms. The average Bonchev–Trinajstić information content (AvgIpc) is 2.20. The summed E-state index contributed by atoms with van der Waals surface area (Å²) >= 11 is 7.40. The number of hydrogen-bond donors (Lipinski definition) is 2. The molecule has 0 aliphatic carbocycles. The number of carbonyl (C=O) groups excluding carboxylic acids is 1. The Hall–Kier alpha value is -0.710. The SMILES string of the molecule is CC(N)(CCSc1ccc(Cl)cc1)C(N)=O. The standard InChI is InChI=1S/C11H15ClN2OS/c1-11(14,10(13)15)6-7-16-9-4-2-8(12)3-5-9/h2-5H,6-7,14H2,1H3,(H2,13,15). The molecule has 4 N–H and O–H groups in total. The third kappa shape index (κ3) is 4.04. The normalized spacial score (nSPS) is 14.4. The van der Waals surface area contributed by atoms with Crippen LogP contribution in [-0.4, -0.2) is 17.2 Å². The van der Waals surface area contributed by atoms with Gasteiger partial charge in [0.05, 0.1) is 5.54 Å². The van der Waals surface area contributed by atoms with E-state index in [9.17, 15) is 4.79 Å². The molecule has 88 valence electrons. The van der Waals surface area contributed by atoms with E-state index in [0.29, 0.717) is 11.4 Å². The van der Waals surface area contributed by atoms with Crippen molar-refractivity contribution in [2.45, 2.75) is 23.8 Å². The number of nitrogens with two attached hydrogens (primary N) is 2. The molecule has 1 aromatic carbocycles. The molecule has 0 bridgehead atoms. The molecule has 0 saturated carbocycles. The molecule has 3 nitrogen and oxygen atoms in total. The molecule has 0 fully saturated rings. The minimum Gasteiger partial charge on any atom is -0.368 e. The van der Waals surface area contributed by atoms with Gasteiger partial charge >= 0.3 is 0 Å². The summed E-state index contributed by atoms with van der Waals surface area (Å²) in [4.78, 5) is 12.1. The van der Waals surface area contributed by atoms with Crippen LogP contribution >= 0.6 is 23.4 Å². The van der Waals surface area contributed by atoms with Gasteiger partial charge in [-0.3, -0.25) is 4.79 Å². The summed E-state index contributed by atoms with van der Waals surface area (Å²) in [5, 5.41) is 0.713. The Morgan fingerprint density at radius 2 is 2.00 bits per heavy atom. The first-order valence-electron chi connectivity index (χ1n) is 4.89. The van der Waals surface area contributed by atoms with Crippen molar-refractivity contribution in [1.82, 2.24) is 0 Å². The summed E-state index contributed by atoms with van der Waals surface area (Å²) in [6, 6.07) is 7.54. The van der Waals surface area contributed by atoms with Gasteiger partial charge in [-0.2, -0.15) is 0 Å². The molecule has 0 radical (unpaired) electrons. The van der Waals surface area contributed by atoms with E-state index in [1.165, 1.54) is 0 Å². The van der Waals surface area contributed by atoms with Crippen molar-refractivity contribution in [3.05, 3.63) is 29.3 Å². The van der Waals surface area contributed by atoms with Crippen LogP contribution in [0.1, 0.15) is 13.3 Å². The number of hydrogen-bond acceptors (Lipinski definition) is 3. The van der Waals surface area contributed by atoms with Gasteiger partial charge in [-0.1, -0.05) is 11.6 Å². The fraction of sp³-hybridized carbons (Fsp3) is 0.364. The summed E-state index contributed by atoms with van der Waals surface area (Å²) in [5.74, 6) is 0.279. The second kappa shape index (κ2) is 5.57. The highest BCUT2D eigenvalue weighted by molar-refractivity contribution is 7.99. The van der Waals surface area contributed by atoms with Gasteiger partial charge in [0, 0.05) is 15.7 Å². The molecule has 1 unspecified atom stereocenters. The van der Waals surface area contributed by atoms with Crippen LogP contribution in [0.15, 0.2) is 29.2 Å². The summed E-state index contributed by atoms with van der Waals surface area (Å²) in [7, 11) is 0. The number of benzene rings is 1. The Morgan fingerprint density at radius 3 is 2.50 bits per heavy atom. The lowest BCUT2D eigenvalue weighted by molar-refractivity contribution is -0.122. The zero-order valence-electron chi connectivity index (χ0n) is 9.07. The second-order valence-electron chi connectivity index (χ2n) is 3.83. The second-order valence-corrected chi connectivity index (χ2v) is 5.44. The van der Waals surface area contributed by atoms with Crippen LogP contribution in [0.4, 0.5) is 0 Å². The fourth-order valence-electron chi connectivity index (χ4n) is 1.03. The lowest BCUT2D eigenvalue weighted by Gasteiger charge is -2.19. The number of carbonyl (C=O) groups is 1. The molecule has 1 rings (SSSR count). The Balaban J connectivity index is 2.41. The van der Waals surface area contributed by atoms with Crippen LogP contribution in [0.25, 0.3) is 0 Å². The first-order valence-corrected chi connectivity index (χ1v) is 6.25. The van der Waals surface area contributed by atoms with Crippen molar-refractivity contribution in [2.24, 2.45) is 11.5 Å². The van der Waals surface area contributed by atoms with Crippen molar-refractivity contribution in [1.29, 1.82) is 0 Å². The maximum Gasteiger partial charge on any atom is 0.237 e. The fourth-order valence-corrected chi connectivity index (χ4v) is 2.25. The number of primary amides is 1. The molecular formula is C11H15ClN2OS. The molecule has 0 saturated heterocycles. The number of halogens is 1. The Kier molecular flexibility index (Phi) is 4.65. The molecule has 0 heterocycles. The van der Waals surface area contributed by atoms with E-state index in [1.807, 2.05) is 24.3 Å². The van der Waals surface area contributed by atoms with Crippen molar-refractivity contribution < 1.29 is 4.79 Å². The Labute approximate surface area is 105 Å².